The number of nitrogens with zero attached hydrogens (tertiary/aromatic N) is 4. The summed E-state index contributed by atoms with van der Waals surface area (Å²) in [5, 5.41) is 7.57. The Kier molecular flexibility index (Phi) is 13.5. The Morgan fingerprint density at radius 3 is 2.10 bits per heavy atom. The van der Waals surface area contributed by atoms with Crippen LogP contribution in [0.3, 0.4) is 0 Å². The number of aromatic nitrogens is 4. The van der Waals surface area contributed by atoms with Gasteiger partial charge in [-0.1, -0.05) is 55.6 Å². The van der Waals surface area contributed by atoms with Gasteiger partial charge >= 0.3 is 12.2 Å². The molecule has 4 amide bonds. The predicted molar refractivity (Wildman–Crippen MR) is 242 cm³/mol. The number of thioether (sulfide) groups is 2. The second kappa shape index (κ2) is 18.7. The van der Waals surface area contributed by atoms with Gasteiger partial charge in [0.1, 0.15) is 23.7 Å². The number of hydrogen-bond acceptors (Lipinski definition) is 10. The first-order valence-electron chi connectivity index (χ1n) is 20.3. The van der Waals surface area contributed by atoms with Crippen molar-refractivity contribution in [2.75, 3.05) is 50.9 Å². The summed E-state index contributed by atoms with van der Waals surface area (Å²) in [7, 11) is 0.859. The van der Waals surface area contributed by atoms with Crippen molar-refractivity contribution in [3.05, 3.63) is 72.4 Å². The average Bonchev–Trinajstić information content (AvgIpc) is 4.08. The fourth-order valence-corrected chi connectivity index (χ4v) is 12.3. The number of alkyl carbamates (subject to hydrolysis) is 2. The molecule has 0 bridgehead atoms. The minimum atomic E-state index is -1.75. The summed E-state index contributed by atoms with van der Waals surface area (Å²) in [6.07, 6.45) is 7.93. The van der Waals surface area contributed by atoms with Gasteiger partial charge in [0, 0.05) is 18.1 Å². The van der Waals surface area contributed by atoms with E-state index in [4.69, 9.17) is 19.4 Å². The van der Waals surface area contributed by atoms with Gasteiger partial charge in [0.2, 0.25) is 11.8 Å². The van der Waals surface area contributed by atoms with E-state index in [-0.39, 0.29) is 23.9 Å². The zero-order valence-electron chi connectivity index (χ0n) is 35.0. The van der Waals surface area contributed by atoms with E-state index < -0.39 is 32.3 Å². The lowest BCUT2D eigenvalue weighted by Crippen LogP contribution is -2.49. The van der Waals surface area contributed by atoms with Crippen LogP contribution in [0, 0.1) is 0 Å². The maximum Gasteiger partial charge on any atom is 0.407 e. The predicted octanol–water partition coefficient (Wildman–Crippen LogP) is 7.52. The van der Waals surface area contributed by atoms with E-state index >= 15 is 0 Å². The van der Waals surface area contributed by atoms with Gasteiger partial charge < -0.3 is 39.9 Å². The molecule has 4 atom stereocenters. The van der Waals surface area contributed by atoms with Crippen molar-refractivity contribution in [2.24, 2.45) is 0 Å². The Labute approximate surface area is 359 Å². The van der Waals surface area contributed by atoms with Crippen molar-refractivity contribution in [2.45, 2.75) is 69.0 Å². The van der Waals surface area contributed by atoms with E-state index in [1.165, 1.54) is 14.2 Å². The van der Waals surface area contributed by atoms with Crippen LogP contribution in [0.25, 0.3) is 44.2 Å². The molecule has 2 aromatic heterocycles. The molecule has 3 aromatic carbocycles. The molecule has 4 heterocycles. The molecule has 0 saturated carbocycles. The summed E-state index contributed by atoms with van der Waals surface area (Å²) >= 11 is 3.26. The maximum atomic E-state index is 13.9. The number of ether oxygens (including phenoxy) is 2. The number of rotatable bonds is 14. The molecule has 4 N–H and O–H groups in total. The molecule has 2 aliphatic rings. The van der Waals surface area contributed by atoms with Crippen LogP contribution in [0.15, 0.2) is 60.8 Å². The van der Waals surface area contributed by atoms with E-state index in [1.54, 1.807) is 23.5 Å². The number of aromatic amines is 2. The van der Waals surface area contributed by atoms with Crippen molar-refractivity contribution in [1.29, 1.82) is 0 Å². The number of H-pyrrole nitrogens is 2. The minimum absolute atomic E-state index is 0.0994. The number of amides is 4. The molecule has 0 unspecified atom stereocenters. The quantitative estimate of drug-likeness (QED) is 0.0818. The third-order valence-electron chi connectivity index (χ3n) is 11.6. The number of hydrogen-bond donors (Lipinski definition) is 4. The van der Waals surface area contributed by atoms with Crippen molar-refractivity contribution in [3.63, 3.8) is 0 Å². The summed E-state index contributed by atoms with van der Waals surface area (Å²) < 4.78 is 9.65. The lowest BCUT2D eigenvalue weighted by Gasteiger charge is -2.28. The summed E-state index contributed by atoms with van der Waals surface area (Å²) in [5.41, 5.74) is 5.75. The average molecular weight is 871 g/mol. The van der Waals surface area contributed by atoms with Crippen LogP contribution in [-0.4, -0.2) is 125 Å². The van der Waals surface area contributed by atoms with Crippen molar-refractivity contribution >= 4 is 77.4 Å². The number of likely N-dealkylation sites (tertiary alicyclic amines) is 1. The van der Waals surface area contributed by atoms with Gasteiger partial charge in [-0.3, -0.25) is 9.59 Å². The van der Waals surface area contributed by atoms with Gasteiger partial charge in [0.25, 0.3) is 0 Å². The van der Waals surface area contributed by atoms with Crippen LogP contribution in [0.1, 0.15) is 49.4 Å². The summed E-state index contributed by atoms with van der Waals surface area (Å²) in [6, 6.07) is 18.0. The van der Waals surface area contributed by atoms with Gasteiger partial charge in [-0.05, 0) is 90.0 Å². The van der Waals surface area contributed by atoms with Crippen molar-refractivity contribution < 1.29 is 28.7 Å². The summed E-state index contributed by atoms with van der Waals surface area (Å²) in [5.74, 6) is 2.75. The van der Waals surface area contributed by atoms with Crippen molar-refractivity contribution in [1.82, 2.24) is 40.4 Å². The SMILES string of the molecule is COC(=O)N[C@@H](CCSC)C(=O)N1C[Si](C)(C)C[C@H]1c1ncc(-c2ccc(-c3ccc4c(ccc5[nH]c([C@@H]6CCCN6C(=O)[C@H](CCSC)NC(=O)OC)nc54)c3)cc2)[nH]1. The number of nitrogens with one attached hydrogen (secondary N) is 4. The number of benzene rings is 3. The van der Waals surface area contributed by atoms with Crippen LogP contribution in [0.2, 0.25) is 19.1 Å². The van der Waals surface area contributed by atoms with Gasteiger partial charge in [0.05, 0.1) is 57.3 Å². The van der Waals surface area contributed by atoms with E-state index in [2.05, 4.69) is 82.2 Å². The molecule has 0 spiro atoms. The molecular formula is C43H54N8O6S2Si. The van der Waals surface area contributed by atoms with E-state index in [1.807, 2.05) is 34.6 Å². The number of imidazole rings is 2. The van der Waals surface area contributed by atoms with Crippen LogP contribution in [-0.2, 0) is 19.1 Å². The Balaban J connectivity index is 1.08. The van der Waals surface area contributed by atoms with Crippen molar-refractivity contribution in [3.8, 4) is 22.4 Å². The molecule has 2 fully saturated rings. The number of carbonyl (C=O) groups excluding carboxylic acids is 4. The highest BCUT2D eigenvalue weighted by Gasteiger charge is 2.45. The Morgan fingerprint density at radius 2 is 1.45 bits per heavy atom. The first kappa shape index (κ1) is 43.1. The van der Waals surface area contributed by atoms with Gasteiger partial charge in [-0.2, -0.15) is 23.5 Å². The normalized spacial score (nSPS) is 18.4. The Bertz CT molecular complexity index is 2350. The number of methoxy groups -OCH3 is 2. The largest absolute Gasteiger partial charge is 0.453 e. The van der Waals surface area contributed by atoms with E-state index in [0.29, 0.717) is 25.6 Å². The highest BCUT2D eigenvalue weighted by molar-refractivity contribution is 7.98. The molecule has 5 aromatic rings. The fraction of sp³-hybridized carbons (Fsp3) is 0.442. The molecule has 7 rings (SSSR count). The lowest BCUT2D eigenvalue weighted by molar-refractivity contribution is -0.135. The van der Waals surface area contributed by atoms with Gasteiger partial charge in [-0.15, -0.1) is 0 Å². The van der Waals surface area contributed by atoms with Gasteiger partial charge in [-0.25, -0.2) is 19.6 Å². The highest BCUT2D eigenvalue weighted by atomic mass is 32.2. The fourth-order valence-electron chi connectivity index (χ4n) is 8.50. The number of fused-ring (bicyclic) bond motifs is 3. The summed E-state index contributed by atoms with van der Waals surface area (Å²) in [4.78, 5) is 72.6. The maximum absolute atomic E-state index is 13.9. The van der Waals surface area contributed by atoms with Gasteiger partial charge in [0.15, 0.2) is 0 Å². The lowest BCUT2D eigenvalue weighted by atomic mass is 9.99. The van der Waals surface area contributed by atoms with E-state index in [9.17, 15) is 19.2 Å². The summed E-state index contributed by atoms with van der Waals surface area (Å²) in [6.45, 7) is 5.17. The zero-order valence-corrected chi connectivity index (χ0v) is 37.6. The first-order valence-corrected chi connectivity index (χ1v) is 26.5. The molecule has 2 saturated heterocycles. The van der Waals surface area contributed by atoms with Crippen LogP contribution in [0.4, 0.5) is 9.59 Å². The minimum Gasteiger partial charge on any atom is -0.453 e. The molecule has 14 nitrogen and oxygen atoms in total. The zero-order chi connectivity index (χ0) is 42.6. The third-order valence-corrected chi connectivity index (χ3v) is 15.5. The highest BCUT2D eigenvalue weighted by Crippen LogP contribution is 2.39. The van der Waals surface area contributed by atoms with Crippen LogP contribution >= 0.6 is 23.5 Å². The Hall–Kier alpha value is -5.00. The molecule has 0 aliphatic carbocycles. The molecule has 60 heavy (non-hydrogen) atoms. The number of carbonyl (C=O) groups is 4. The van der Waals surface area contributed by atoms with Crippen LogP contribution in [0.5, 0.6) is 0 Å². The van der Waals surface area contributed by atoms with Crippen LogP contribution < -0.4 is 10.6 Å². The molecule has 0 radical (unpaired) electrons. The topological polar surface area (TPSA) is 175 Å². The molecule has 17 heteroatoms. The second-order valence-electron chi connectivity index (χ2n) is 16.3. The Morgan fingerprint density at radius 1 is 0.817 bits per heavy atom. The molecule has 2 aliphatic heterocycles. The second-order valence-corrected chi connectivity index (χ2v) is 23.3. The van der Waals surface area contributed by atoms with E-state index in [0.717, 1.165) is 86.2 Å². The molecule has 318 valence electrons. The monoisotopic (exact) mass is 870 g/mol. The molecular weight excluding hydrogens is 817 g/mol. The first-order chi connectivity index (χ1) is 28.9. The standard InChI is InChI=1S/C43H54N8O6S2Si/c1-56-42(54)47-32(17-20-58-3)40(52)50-19-7-8-35(50)39-45-31-16-14-29-22-28(13-15-30(29)37(31)49-39)26-9-11-27(12-10-26)34-23-44-38(46-34)36-24-60(5,6)25-51(36)41(53)33(18-21-59-4)48-43(55)57-2/h9-16,22-23,32-33,35-36H,7-8,17-21,24-25H2,1-6H3,(H,44,46)(H,45,49)(H,47,54)(H,48,55)/t32-,33-,35-,36-/m0/s1. The third kappa shape index (κ3) is 9.32. The smallest absolute Gasteiger partial charge is 0.407 e.